The molecule has 114 valence electrons. The smallest absolute Gasteiger partial charge is 0.271 e. The maximum absolute atomic E-state index is 12.7. The number of benzene rings is 2. The van der Waals surface area contributed by atoms with Crippen LogP contribution in [0.5, 0.6) is 0 Å². The van der Waals surface area contributed by atoms with E-state index in [0.717, 1.165) is 21.9 Å². The van der Waals surface area contributed by atoms with Crippen molar-refractivity contribution in [1.29, 1.82) is 0 Å². The summed E-state index contributed by atoms with van der Waals surface area (Å²) in [6, 6.07) is 17.0. The van der Waals surface area contributed by atoms with Gasteiger partial charge in [0.25, 0.3) is 5.91 Å². The lowest BCUT2D eigenvalue weighted by molar-refractivity contribution is 0.0855. The lowest BCUT2D eigenvalue weighted by Gasteiger charge is -2.18. The Hall–Kier alpha value is -2.72. The van der Waals surface area contributed by atoms with Crippen molar-refractivity contribution in [2.24, 2.45) is 0 Å². The molecule has 1 aromatic heterocycles. The van der Waals surface area contributed by atoms with Gasteiger partial charge in [-0.15, -0.1) is 0 Å². The molecule has 1 aliphatic rings. The van der Waals surface area contributed by atoms with Gasteiger partial charge in [0.2, 0.25) is 0 Å². The van der Waals surface area contributed by atoms with Crippen LogP contribution in [0.1, 0.15) is 27.7 Å². The van der Waals surface area contributed by atoms with Crippen molar-refractivity contribution in [2.45, 2.75) is 18.6 Å². The zero-order valence-electron chi connectivity index (χ0n) is 12.4. The van der Waals surface area contributed by atoms with Crippen molar-refractivity contribution in [1.82, 2.24) is 10.3 Å². The van der Waals surface area contributed by atoms with E-state index in [0.29, 0.717) is 12.1 Å². The van der Waals surface area contributed by atoms with Gasteiger partial charge in [0.05, 0.1) is 12.1 Å². The number of aliphatic hydroxyl groups excluding tert-OH is 1. The van der Waals surface area contributed by atoms with Crippen molar-refractivity contribution in [3.8, 4) is 0 Å². The summed E-state index contributed by atoms with van der Waals surface area (Å²) in [4.78, 5) is 16.9. The van der Waals surface area contributed by atoms with Crippen molar-refractivity contribution in [3.63, 3.8) is 0 Å². The summed E-state index contributed by atoms with van der Waals surface area (Å²) in [7, 11) is 0. The van der Waals surface area contributed by atoms with Gasteiger partial charge >= 0.3 is 0 Å². The summed E-state index contributed by atoms with van der Waals surface area (Å²) < 4.78 is 0. The van der Waals surface area contributed by atoms with E-state index in [4.69, 9.17) is 0 Å². The summed E-state index contributed by atoms with van der Waals surface area (Å²) in [6.45, 7) is 0. The van der Waals surface area contributed by atoms with Gasteiger partial charge in [-0.2, -0.15) is 0 Å². The van der Waals surface area contributed by atoms with Crippen LogP contribution in [0.15, 0.2) is 60.8 Å². The zero-order valence-corrected chi connectivity index (χ0v) is 12.4. The Kier molecular flexibility index (Phi) is 3.32. The third-order valence-electron chi connectivity index (χ3n) is 4.38. The van der Waals surface area contributed by atoms with Crippen molar-refractivity contribution < 1.29 is 9.90 Å². The molecule has 0 saturated heterocycles. The van der Waals surface area contributed by atoms with Gasteiger partial charge in [0.1, 0.15) is 5.69 Å². The van der Waals surface area contributed by atoms with Gasteiger partial charge in [-0.3, -0.25) is 9.78 Å². The van der Waals surface area contributed by atoms with Crippen molar-refractivity contribution in [2.75, 3.05) is 0 Å². The highest BCUT2D eigenvalue weighted by molar-refractivity contribution is 6.05. The molecule has 4 heteroatoms. The SMILES string of the molecule is O=C(NC1c2ccccc2CC1O)c1nccc2ccccc12. The van der Waals surface area contributed by atoms with Crippen molar-refractivity contribution in [3.05, 3.63) is 77.6 Å². The Labute approximate surface area is 133 Å². The van der Waals surface area contributed by atoms with Gasteiger partial charge in [-0.25, -0.2) is 0 Å². The Balaban J connectivity index is 1.68. The fourth-order valence-electron chi connectivity index (χ4n) is 3.26. The second kappa shape index (κ2) is 5.48. The second-order valence-electron chi connectivity index (χ2n) is 5.80. The highest BCUT2D eigenvalue weighted by Gasteiger charge is 2.32. The van der Waals surface area contributed by atoms with Crippen LogP contribution >= 0.6 is 0 Å². The van der Waals surface area contributed by atoms with E-state index >= 15 is 0 Å². The van der Waals surface area contributed by atoms with Crippen LogP contribution in [0.4, 0.5) is 0 Å². The molecule has 0 radical (unpaired) electrons. The molecule has 2 unspecified atom stereocenters. The number of nitrogens with zero attached hydrogens (tertiary/aromatic N) is 1. The molecule has 0 fully saturated rings. The van der Waals surface area contributed by atoms with Crippen LogP contribution in [0.2, 0.25) is 0 Å². The molecule has 23 heavy (non-hydrogen) atoms. The zero-order chi connectivity index (χ0) is 15.8. The fraction of sp³-hybridized carbons (Fsp3) is 0.158. The number of pyridine rings is 1. The second-order valence-corrected chi connectivity index (χ2v) is 5.80. The predicted molar refractivity (Wildman–Crippen MR) is 88.1 cm³/mol. The first-order valence-corrected chi connectivity index (χ1v) is 7.64. The lowest BCUT2D eigenvalue weighted by Crippen LogP contribution is -2.34. The first-order chi connectivity index (χ1) is 11.2. The Morgan fingerprint density at radius 3 is 2.78 bits per heavy atom. The number of hydrogen-bond donors (Lipinski definition) is 2. The van der Waals surface area contributed by atoms with Gasteiger partial charge in [-0.1, -0.05) is 48.5 Å². The normalized spacial score (nSPS) is 19.5. The maximum atomic E-state index is 12.7. The minimum Gasteiger partial charge on any atom is -0.390 e. The predicted octanol–water partition coefficient (Wildman–Crippen LogP) is 2.62. The molecule has 0 saturated carbocycles. The minimum atomic E-state index is -0.605. The summed E-state index contributed by atoms with van der Waals surface area (Å²) in [5, 5.41) is 15.0. The molecule has 0 spiro atoms. The summed E-state index contributed by atoms with van der Waals surface area (Å²) >= 11 is 0. The molecule has 1 aliphatic carbocycles. The number of aliphatic hydroxyl groups is 1. The molecule has 2 atom stereocenters. The van der Waals surface area contributed by atoms with E-state index in [1.54, 1.807) is 6.20 Å². The van der Waals surface area contributed by atoms with Gasteiger partial charge in [0, 0.05) is 18.0 Å². The van der Waals surface area contributed by atoms with E-state index in [1.807, 2.05) is 54.6 Å². The quantitative estimate of drug-likeness (QED) is 0.765. The number of fused-ring (bicyclic) bond motifs is 2. The molecule has 1 heterocycles. The number of rotatable bonds is 2. The summed E-state index contributed by atoms with van der Waals surface area (Å²) in [6.07, 6.45) is 1.59. The standard InChI is InChI=1S/C19H16N2O2/c22-16-11-13-6-2-4-8-15(13)17(16)21-19(23)18-14-7-3-1-5-12(14)9-10-20-18/h1-10,16-17,22H,11H2,(H,21,23). The molecule has 2 N–H and O–H groups in total. The molecule has 2 aromatic carbocycles. The third-order valence-corrected chi connectivity index (χ3v) is 4.38. The number of nitrogens with one attached hydrogen (secondary N) is 1. The first kappa shape index (κ1) is 13.9. The Morgan fingerprint density at radius 2 is 1.87 bits per heavy atom. The summed E-state index contributed by atoms with van der Waals surface area (Å²) in [5.74, 6) is -0.262. The van der Waals surface area contributed by atoms with Crippen LogP contribution in [-0.4, -0.2) is 22.1 Å². The average Bonchev–Trinajstić information content (AvgIpc) is 2.90. The molecule has 0 bridgehead atoms. The molecular weight excluding hydrogens is 288 g/mol. The number of aromatic nitrogens is 1. The highest BCUT2D eigenvalue weighted by Crippen LogP contribution is 2.31. The van der Waals surface area contributed by atoms with Crippen LogP contribution in [0.3, 0.4) is 0 Å². The topological polar surface area (TPSA) is 62.2 Å². The average molecular weight is 304 g/mol. The Bertz CT molecular complexity index is 886. The largest absolute Gasteiger partial charge is 0.390 e. The first-order valence-electron chi connectivity index (χ1n) is 7.64. The van der Waals surface area contributed by atoms with E-state index in [2.05, 4.69) is 10.3 Å². The van der Waals surface area contributed by atoms with Gasteiger partial charge in [0.15, 0.2) is 0 Å². The molecule has 4 nitrogen and oxygen atoms in total. The van der Waals surface area contributed by atoms with Crippen LogP contribution < -0.4 is 5.32 Å². The molecule has 0 aliphatic heterocycles. The fourth-order valence-corrected chi connectivity index (χ4v) is 3.26. The molecular formula is C19H16N2O2. The molecule has 3 aromatic rings. The van der Waals surface area contributed by atoms with E-state index < -0.39 is 6.10 Å². The molecule has 4 rings (SSSR count). The van der Waals surface area contributed by atoms with E-state index in [9.17, 15) is 9.90 Å². The number of carbonyl (C=O) groups is 1. The van der Waals surface area contributed by atoms with Crippen molar-refractivity contribution >= 4 is 16.7 Å². The minimum absolute atomic E-state index is 0.262. The summed E-state index contributed by atoms with van der Waals surface area (Å²) in [5.41, 5.74) is 2.45. The van der Waals surface area contributed by atoms with E-state index in [1.165, 1.54) is 0 Å². The van der Waals surface area contributed by atoms with Gasteiger partial charge in [-0.05, 0) is 22.6 Å². The monoisotopic (exact) mass is 304 g/mol. The number of amides is 1. The van der Waals surface area contributed by atoms with Gasteiger partial charge < -0.3 is 10.4 Å². The van der Waals surface area contributed by atoms with Crippen LogP contribution in [0, 0.1) is 0 Å². The lowest BCUT2D eigenvalue weighted by atomic mass is 10.1. The van der Waals surface area contributed by atoms with Crippen LogP contribution in [0.25, 0.3) is 10.8 Å². The highest BCUT2D eigenvalue weighted by atomic mass is 16.3. The maximum Gasteiger partial charge on any atom is 0.271 e. The Morgan fingerprint density at radius 1 is 1.09 bits per heavy atom. The number of hydrogen-bond acceptors (Lipinski definition) is 3. The number of carbonyl (C=O) groups excluding carboxylic acids is 1. The molecule has 1 amide bonds. The van der Waals surface area contributed by atoms with Crippen LogP contribution in [-0.2, 0) is 6.42 Å². The van der Waals surface area contributed by atoms with E-state index in [-0.39, 0.29) is 11.9 Å². The third kappa shape index (κ3) is 2.37.